The molecule has 0 spiro atoms. The molecule has 0 aliphatic carbocycles. The van der Waals surface area contributed by atoms with E-state index >= 15 is 0 Å². The van der Waals surface area contributed by atoms with Gasteiger partial charge in [0, 0.05) is 24.7 Å². The summed E-state index contributed by atoms with van der Waals surface area (Å²) in [5.41, 5.74) is 1.74. The number of aromatic amines is 1. The molecule has 20 heavy (non-hydrogen) atoms. The molecule has 1 atom stereocenters. The molecule has 2 heterocycles. The molecule has 106 valence electrons. The SMILES string of the molecule is CNCC1CCCN(C(=O)c2cccc3cc[nH]c23)C1. The second-order valence-electron chi connectivity index (χ2n) is 5.56. The van der Waals surface area contributed by atoms with Crippen molar-refractivity contribution in [2.75, 3.05) is 26.7 Å². The second kappa shape index (κ2) is 5.67. The van der Waals surface area contributed by atoms with E-state index in [4.69, 9.17) is 0 Å². The van der Waals surface area contributed by atoms with Crippen LogP contribution in [0.4, 0.5) is 0 Å². The lowest BCUT2D eigenvalue weighted by Crippen LogP contribution is -2.42. The number of rotatable bonds is 3. The van der Waals surface area contributed by atoms with Crippen molar-refractivity contribution < 1.29 is 4.79 Å². The molecular formula is C16H21N3O. The molecule has 1 unspecified atom stereocenters. The molecule has 1 aliphatic heterocycles. The number of nitrogens with zero attached hydrogens (tertiary/aromatic N) is 1. The van der Waals surface area contributed by atoms with E-state index < -0.39 is 0 Å². The van der Waals surface area contributed by atoms with Gasteiger partial charge in [-0.1, -0.05) is 12.1 Å². The van der Waals surface area contributed by atoms with Gasteiger partial charge in [0.2, 0.25) is 0 Å². The van der Waals surface area contributed by atoms with Crippen molar-refractivity contribution in [2.24, 2.45) is 5.92 Å². The number of piperidine rings is 1. The molecule has 1 saturated heterocycles. The lowest BCUT2D eigenvalue weighted by Gasteiger charge is -2.32. The van der Waals surface area contributed by atoms with Gasteiger partial charge in [-0.15, -0.1) is 0 Å². The number of para-hydroxylation sites is 1. The van der Waals surface area contributed by atoms with Crippen molar-refractivity contribution in [2.45, 2.75) is 12.8 Å². The Kier molecular flexibility index (Phi) is 3.74. The Labute approximate surface area is 119 Å². The van der Waals surface area contributed by atoms with Gasteiger partial charge < -0.3 is 15.2 Å². The summed E-state index contributed by atoms with van der Waals surface area (Å²) in [6, 6.07) is 7.91. The first-order valence-electron chi connectivity index (χ1n) is 7.29. The van der Waals surface area contributed by atoms with Crippen LogP contribution in [-0.4, -0.2) is 42.5 Å². The fourth-order valence-corrected chi connectivity index (χ4v) is 3.14. The molecule has 2 N–H and O–H groups in total. The fraction of sp³-hybridized carbons (Fsp3) is 0.438. The van der Waals surface area contributed by atoms with Crippen LogP contribution in [0.25, 0.3) is 10.9 Å². The first-order valence-corrected chi connectivity index (χ1v) is 7.29. The van der Waals surface area contributed by atoms with Gasteiger partial charge in [-0.2, -0.15) is 0 Å². The predicted octanol–water partition coefficient (Wildman–Crippen LogP) is 2.24. The number of H-pyrrole nitrogens is 1. The lowest BCUT2D eigenvalue weighted by atomic mass is 9.97. The number of fused-ring (bicyclic) bond motifs is 1. The van der Waals surface area contributed by atoms with Crippen LogP contribution in [0.1, 0.15) is 23.2 Å². The molecule has 0 radical (unpaired) electrons. The zero-order valence-corrected chi connectivity index (χ0v) is 11.9. The van der Waals surface area contributed by atoms with E-state index in [0.717, 1.165) is 42.5 Å². The van der Waals surface area contributed by atoms with Crippen molar-refractivity contribution in [3.8, 4) is 0 Å². The fourth-order valence-electron chi connectivity index (χ4n) is 3.14. The Balaban J connectivity index is 1.83. The number of nitrogens with one attached hydrogen (secondary N) is 2. The highest BCUT2D eigenvalue weighted by atomic mass is 16.2. The maximum absolute atomic E-state index is 12.7. The van der Waals surface area contributed by atoms with Crippen LogP contribution in [0.2, 0.25) is 0 Å². The largest absolute Gasteiger partial charge is 0.361 e. The molecule has 3 rings (SSSR count). The van der Waals surface area contributed by atoms with Crippen LogP contribution in [0.3, 0.4) is 0 Å². The molecule has 1 aromatic carbocycles. The summed E-state index contributed by atoms with van der Waals surface area (Å²) in [4.78, 5) is 17.9. The summed E-state index contributed by atoms with van der Waals surface area (Å²) < 4.78 is 0. The third-order valence-electron chi connectivity index (χ3n) is 4.12. The van der Waals surface area contributed by atoms with Gasteiger partial charge in [-0.3, -0.25) is 4.79 Å². The van der Waals surface area contributed by atoms with E-state index in [1.807, 2.05) is 42.4 Å². The maximum atomic E-state index is 12.7. The number of benzene rings is 1. The van der Waals surface area contributed by atoms with Crippen LogP contribution in [0, 0.1) is 5.92 Å². The maximum Gasteiger partial charge on any atom is 0.255 e. The van der Waals surface area contributed by atoms with Crippen molar-refractivity contribution in [1.29, 1.82) is 0 Å². The highest BCUT2D eigenvalue weighted by Gasteiger charge is 2.25. The lowest BCUT2D eigenvalue weighted by molar-refractivity contribution is 0.0676. The van der Waals surface area contributed by atoms with Crippen LogP contribution >= 0.6 is 0 Å². The number of aromatic nitrogens is 1. The third-order valence-corrected chi connectivity index (χ3v) is 4.12. The molecule has 1 amide bonds. The monoisotopic (exact) mass is 271 g/mol. The van der Waals surface area contributed by atoms with Crippen LogP contribution in [-0.2, 0) is 0 Å². The van der Waals surface area contributed by atoms with Crippen molar-refractivity contribution in [1.82, 2.24) is 15.2 Å². The standard InChI is InChI=1S/C16H21N3O/c1-17-10-12-4-3-9-19(11-12)16(20)14-6-2-5-13-7-8-18-15(13)14/h2,5-8,12,17-18H,3-4,9-11H2,1H3. The molecule has 4 nitrogen and oxygen atoms in total. The van der Waals surface area contributed by atoms with E-state index in [1.54, 1.807) is 0 Å². The number of amides is 1. The van der Waals surface area contributed by atoms with E-state index in [-0.39, 0.29) is 5.91 Å². The predicted molar refractivity (Wildman–Crippen MR) is 80.9 cm³/mol. The summed E-state index contributed by atoms with van der Waals surface area (Å²) in [6.07, 6.45) is 4.19. The molecule has 0 saturated carbocycles. The number of likely N-dealkylation sites (tertiary alicyclic amines) is 1. The quantitative estimate of drug-likeness (QED) is 0.899. The molecule has 0 bridgehead atoms. The van der Waals surface area contributed by atoms with E-state index in [1.165, 1.54) is 6.42 Å². The van der Waals surface area contributed by atoms with Gasteiger partial charge in [0.05, 0.1) is 11.1 Å². The first-order chi connectivity index (χ1) is 9.79. The summed E-state index contributed by atoms with van der Waals surface area (Å²) in [5.74, 6) is 0.722. The smallest absolute Gasteiger partial charge is 0.255 e. The molecule has 1 aromatic heterocycles. The number of carbonyl (C=O) groups is 1. The summed E-state index contributed by atoms with van der Waals surface area (Å²) in [6.45, 7) is 2.71. The Hall–Kier alpha value is -1.81. The van der Waals surface area contributed by atoms with Gasteiger partial charge >= 0.3 is 0 Å². The third kappa shape index (κ3) is 2.43. The van der Waals surface area contributed by atoms with E-state index in [2.05, 4.69) is 10.3 Å². The zero-order chi connectivity index (χ0) is 13.9. The van der Waals surface area contributed by atoms with Crippen LogP contribution in [0.5, 0.6) is 0 Å². The topological polar surface area (TPSA) is 48.1 Å². The van der Waals surface area contributed by atoms with Crippen LogP contribution in [0.15, 0.2) is 30.5 Å². The number of hydrogen-bond acceptors (Lipinski definition) is 2. The van der Waals surface area contributed by atoms with Gasteiger partial charge in [0.15, 0.2) is 0 Å². The summed E-state index contributed by atoms with van der Waals surface area (Å²) in [7, 11) is 1.97. The van der Waals surface area contributed by atoms with E-state index in [9.17, 15) is 4.79 Å². The molecule has 1 fully saturated rings. The van der Waals surface area contributed by atoms with Crippen molar-refractivity contribution in [3.63, 3.8) is 0 Å². The first kappa shape index (κ1) is 13.2. The number of carbonyl (C=O) groups excluding carboxylic acids is 1. The van der Waals surface area contributed by atoms with Crippen LogP contribution < -0.4 is 5.32 Å². The number of hydrogen-bond donors (Lipinski definition) is 2. The summed E-state index contributed by atoms with van der Waals surface area (Å²) in [5, 5.41) is 4.31. The molecule has 2 aromatic rings. The van der Waals surface area contributed by atoms with Gasteiger partial charge in [0.1, 0.15) is 0 Å². The minimum absolute atomic E-state index is 0.152. The highest BCUT2D eigenvalue weighted by Crippen LogP contribution is 2.22. The minimum Gasteiger partial charge on any atom is -0.361 e. The molecular weight excluding hydrogens is 250 g/mol. The zero-order valence-electron chi connectivity index (χ0n) is 11.9. The molecule has 4 heteroatoms. The van der Waals surface area contributed by atoms with Gasteiger partial charge in [-0.05, 0) is 44.5 Å². The van der Waals surface area contributed by atoms with Gasteiger partial charge in [-0.25, -0.2) is 0 Å². The Morgan fingerprint density at radius 1 is 1.45 bits per heavy atom. The van der Waals surface area contributed by atoms with E-state index in [0.29, 0.717) is 5.92 Å². The Bertz CT molecular complexity index is 603. The molecule has 1 aliphatic rings. The Morgan fingerprint density at radius 2 is 2.35 bits per heavy atom. The highest BCUT2D eigenvalue weighted by molar-refractivity contribution is 6.05. The average molecular weight is 271 g/mol. The van der Waals surface area contributed by atoms with Crippen molar-refractivity contribution in [3.05, 3.63) is 36.0 Å². The second-order valence-corrected chi connectivity index (χ2v) is 5.56. The Morgan fingerprint density at radius 3 is 3.20 bits per heavy atom. The summed E-state index contributed by atoms with van der Waals surface area (Å²) >= 11 is 0. The normalized spacial score (nSPS) is 19.4. The van der Waals surface area contributed by atoms with Gasteiger partial charge in [0.25, 0.3) is 5.91 Å². The minimum atomic E-state index is 0.152. The average Bonchev–Trinajstić information content (AvgIpc) is 2.95. The van der Waals surface area contributed by atoms with Crippen molar-refractivity contribution >= 4 is 16.8 Å².